The summed E-state index contributed by atoms with van der Waals surface area (Å²) in [5, 5.41) is 19.0. The van der Waals surface area contributed by atoms with Crippen LogP contribution >= 0.6 is 11.6 Å². The van der Waals surface area contributed by atoms with Crippen LogP contribution in [0.4, 0.5) is 0 Å². The minimum Gasteiger partial charge on any atom is -0.480 e. The Morgan fingerprint density at radius 1 is 1.44 bits per heavy atom. The van der Waals surface area contributed by atoms with E-state index in [4.69, 9.17) is 21.4 Å². The van der Waals surface area contributed by atoms with Gasteiger partial charge in [-0.2, -0.15) is 0 Å². The maximum absolute atomic E-state index is 12.1. The summed E-state index contributed by atoms with van der Waals surface area (Å²) < 4.78 is 6.69. The quantitative estimate of drug-likeness (QED) is 0.719. The number of rotatable bonds is 8. The monoisotopic (exact) mass is 365 g/mol. The number of nitrogens with one attached hydrogen (secondary N) is 1. The van der Waals surface area contributed by atoms with Crippen LogP contribution in [0, 0.1) is 5.92 Å². The van der Waals surface area contributed by atoms with Gasteiger partial charge in [0, 0.05) is 6.20 Å². The van der Waals surface area contributed by atoms with Crippen molar-refractivity contribution in [1.29, 1.82) is 0 Å². The first-order chi connectivity index (χ1) is 12.0. The highest BCUT2D eigenvalue weighted by atomic mass is 35.5. The van der Waals surface area contributed by atoms with Gasteiger partial charge >= 0.3 is 5.97 Å². The van der Waals surface area contributed by atoms with E-state index in [1.807, 2.05) is 0 Å². The number of aromatic nitrogens is 4. The molecule has 10 heteroatoms. The van der Waals surface area contributed by atoms with Crippen LogP contribution in [0.25, 0.3) is 0 Å². The molecule has 2 aromatic rings. The molecule has 0 unspecified atom stereocenters. The van der Waals surface area contributed by atoms with E-state index in [1.54, 1.807) is 0 Å². The Hall–Kier alpha value is -2.68. The molecule has 1 aliphatic carbocycles. The number of hydrogen-bond acceptors (Lipinski definition) is 6. The van der Waals surface area contributed by atoms with Crippen molar-refractivity contribution in [2.45, 2.75) is 25.9 Å². The maximum atomic E-state index is 12.1. The van der Waals surface area contributed by atoms with Crippen molar-refractivity contribution in [3.63, 3.8) is 0 Å². The molecule has 2 aromatic heterocycles. The van der Waals surface area contributed by atoms with Crippen LogP contribution in [0.1, 0.15) is 28.9 Å². The summed E-state index contributed by atoms with van der Waals surface area (Å²) in [5.41, 5.74) is 0.736. The lowest BCUT2D eigenvalue weighted by molar-refractivity contribution is -0.137. The van der Waals surface area contributed by atoms with Crippen molar-refractivity contribution in [2.75, 3.05) is 6.61 Å². The molecule has 1 saturated carbocycles. The molecule has 9 nitrogen and oxygen atoms in total. The molecule has 0 aromatic carbocycles. The lowest BCUT2D eigenvalue weighted by Gasteiger charge is -2.08. The minimum absolute atomic E-state index is 0.107. The number of hydrogen-bond donors (Lipinski definition) is 2. The number of aliphatic carboxylic acids is 1. The van der Waals surface area contributed by atoms with Gasteiger partial charge in [-0.1, -0.05) is 16.8 Å². The van der Waals surface area contributed by atoms with Crippen molar-refractivity contribution in [3.05, 3.63) is 34.7 Å². The van der Waals surface area contributed by atoms with Gasteiger partial charge in [0.1, 0.15) is 17.3 Å². The predicted octanol–water partition coefficient (Wildman–Crippen LogP) is 1.13. The van der Waals surface area contributed by atoms with Gasteiger partial charge in [0.25, 0.3) is 5.91 Å². The van der Waals surface area contributed by atoms with Crippen LogP contribution in [-0.4, -0.2) is 43.6 Å². The Morgan fingerprint density at radius 2 is 2.24 bits per heavy atom. The van der Waals surface area contributed by atoms with Crippen LogP contribution in [0.15, 0.2) is 18.5 Å². The zero-order chi connectivity index (χ0) is 17.8. The predicted molar refractivity (Wildman–Crippen MR) is 86.3 cm³/mol. The number of halogens is 1. The summed E-state index contributed by atoms with van der Waals surface area (Å²) in [6.45, 7) is 0.406. The van der Waals surface area contributed by atoms with Crippen LogP contribution in [-0.2, 0) is 17.9 Å². The van der Waals surface area contributed by atoms with E-state index in [9.17, 15) is 9.59 Å². The lowest BCUT2D eigenvalue weighted by atomic mass is 10.2. The standard InChI is InChI=1S/C15H16ClN5O4/c16-12-3-10(4-18-15(12)25-8-9-1-2-9)14(24)17-5-11-6-21(20-19-11)7-13(22)23/h3-4,6,9H,1-2,5,7-8H2,(H,17,24)(H,22,23). The lowest BCUT2D eigenvalue weighted by Crippen LogP contribution is -2.23. The van der Waals surface area contributed by atoms with Crippen LogP contribution in [0.5, 0.6) is 5.88 Å². The van der Waals surface area contributed by atoms with E-state index < -0.39 is 5.97 Å². The minimum atomic E-state index is -1.02. The molecule has 0 radical (unpaired) electrons. The van der Waals surface area contributed by atoms with E-state index in [2.05, 4.69) is 20.6 Å². The summed E-state index contributed by atoms with van der Waals surface area (Å²) in [6.07, 6.45) is 5.17. The summed E-state index contributed by atoms with van der Waals surface area (Å²) in [4.78, 5) is 26.8. The largest absolute Gasteiger partial charge is 0.480 e. The average Bonchev–Trinajstić information content (AvgIpc) is 3.30. The molecule has 1 amide bonds. The number of carbonyl (C=O) groups excluding carboxylic acids is 1. The van der Waals surface area contributed by atoms with Crippen LogP contribution in [0.2, 0.25) is 5.02 Å². The second-order valence-electron chi connectivity index (χ2n) is 5.75. The van der Waals surface area contributed by atoms with E-state index in [-0.39, 0.29) is 24.0 Å². The smallest absolute Gasteiger partial charge is 0.325 e. The van der Waals surface area contributed by atoms with E-state index in [0.717, 1.165) is 12.8 Å². The molecule has 1 fully saturated rings. The normalized spacial score (nSPS) is 13.5. The van der Waals surface area contributed by atoms with Crippen molar-refractivity contribution in [3.8, 4) is 5.88 Å². The number of carboxylic acids is 1. The van der Waals surface area contributed by atoms with Gasteiger partial charge in [-0.05, 0) is 24.8 Å². The van der Waals surface area contributed by atoms with Gasteiger partial charge in [-0.25, -0.2) is 9.67 Å². The van der Waals surface area contributed by atoms with Gasteiger partial charge in [-0.15, -0.1) is 5.10 Å². The third-order valence-corrected chi connectivity index (χ3v) is 3.81. The molecule has 1 aliphatic rings. The number of carboxylic acid groups (broad SMARTS) is 1. The fourth-order valence-corrected chi connectivity index (χ4v) is 2.27. The first-order valence-corrected chi connectivity index (χ1v) is 8.06. The number of amides is 1. The fraction of sp³-hybridized carbons (Fsp3) is 0.400. The third-order valence-electron chi connectivity index (χ3n) is 3.54. The Labute approximate surface area is 148 Å². The first kappa shape index (κ1) is 17.2. The van der Waals surface area contributed by atoms with Crippen LogP contribution < -0.4 is 10.1 Å². The number of pyridine rings is 1. The zero-order valence-electron chi connectivity index (χ0n) is 13.2. The summed E-state index contributed by atoms with van der Waals surface area (Å²) >= 11 is 6.10. The number of carbonyl (C=O) groups is 2. The molecule has 2 N–H and O–H groups in total. The van der Waals surface area contributed by atoms with Gasteiger partial charge in [-0.3, -0.25) is 9.59 Å². The van der Waals surface area contributed by atoms with Crippen LogP contribution in [0.3, 0.4) is 0 Å². The molecule has 0 saturated heterocycles. The Balaban J connectivity index is 1.54. The Morgan fingerprint density at radius 3 is 2.92 bits per heavy atom. The van der Waals surface area contributed by atoms with E-state index >= 15 is 0 Å². The van der Waals surface area contributed by atoms with Gasteiger partial charge in [0.05, 0.1) is 24.9 Å². The van der Waals surface area contributed by atoms with Gasteiger partial charge < -0.3 is 15.2 Å². The zero-order valence-corrected chi connectivity index (χ0v) is 13.9. The summed E-state index contributed by atoms with van der Waals surface area (Å²) in [7, 11) is 0. The van der Waals surface area contributed by atoms with E-state index in [0.29, 0.717) is 29.7 Å². The first-order valence-electron chi connectivity index (χ1n) is 7.68. The van der Waals surface area contributed by atoms with Crippen molar-refractivity contribution < 1.29 is 19.4 Å². The fourth-order valence-electron chi connectivity index (χ4n) is 2.05. The number of nitrogens with zero attached hydrogens (tertiary/aromatic N) is 4. The Bertz CT molecular complexity index is 790. The second-order valence-corrected chi connectivity index (χ2v) is 6.16. The topological polar surface area (TPSA) is 119 Å². The number of ether oxygens (including phenoxy) is 1. The molecule has 0 atom stereocenters. The molecule has 25 heavy (non-hydrogen) atoms. The highest BCUT2D eigenvalue weighted by Crippen LogP contribution is 2.30. The molecule has 2 heterocycles. The van der Waals surface area contributed by atoms with Crippen molar-refractivity contribution in [1.82, 2.24) is 25.3 Å². The molecular formula is C15H16ClN5O4. The summed E-state index contributed by atoms with van der Waals surface area (Å²) in [5.74, 6) is -0.502. The average molecular weight is 366 g/mol. The molecule has 132 valence electrons. The van der Waals surface area contributed by atoms with Crippen molar-refractivity contribution >= 4 is 23.5 Å². The third kappa shape index (κ3) is 4.90. The molecular weight excluding hydrogens is 350 g/mol. The van der Waals surface area contributed by atoms with E-state index in [1.165, 1.54) is 23.1 Å². The van der Waals surface area contributed by atoms with Crippen molar-refractivity contribution in [2.24, 2.45) is 5.92 Å². The molecule has 0 aliphatic heterocycles. The molecule has 0 spiro atoms. The highest BCUT2D eigenvalue weighted by Gasteiger charge is 2.22. The summed E-state index contributed by atoms with van der Waals surface area (Å²) in [6, 6.07) is 1.49. The maximum Gasteiger partial charge on any atom is 0.325 e. The van der Waals surface area contributed by atoms with Gasteiger partial charge in [0.2, 0.25) is 5.88 Å². The molecule has 3 rings (SSSR count). The molecule has 0 bridgehead atoms. The highest BCUT2D eigenvalue weighted by molar-refractivity contribution is 6.32. The Kier molecular flexibility index (Phi) is 5.13. The second kappa shape index (κ2) is 7.47. The van der Waals surface area contributed by atoms with Gasteiger partial charge in [0.15, 0.2) is 0 Å². The SMILES string of the molecule is O=C(O)Cn1cc(CNC(=O)c2cnc(OCC3CC3)c(Cl)c2)nn1.